The fourth-order valence-electron chi connectivity index (χ4n) is 4.62. The van der Waals surface area contributed by atoms with Gasteiger partial charge in [-0.05, 0) is 54.5 Å². The molecule has 1 heterocycles. The van der Waals surface area contributed by atoms with Crippen molar-refractivity contribution in [3.63, 3.8) is 0 Å². The van der Waals surface area contributed by atoms with Crippen molar-refractivity contribution in [2.45, 2.75) is 71.4 Å². The van der Waals surface area contributed by atoms with Crippen molar-refractivity contribution in [3.8, 4) is 29.2 Å². The van der Waals surface area contributed by atoms with Crippen LogP contribution in [0.2, 0.25) is 0 Å². The van der Waals surface area contributed by atoms with Gasteiger partial charge in [-0.3, -0.25) is 9.36 Å². The molecule has 0 saturated carbocycles. The average Bonchev–Trinajstić information content (AvgIpc) is 2.85. The van der Waals surface area contributed by atoms with Crippen LogP contribution in [-0.4, -0.2) is 40.4 Å². The molecule has 0 amide bonds. The highest BCUT2D eigenvalue weighted by Gasteiger charge is 2.44. The number of hydrogen-bond donors (Lipinski definition) is 2. The van der Waals surface area contributed by atoms with Crippen LogP contribution in [0.3, 0.4) is 0 Å². The maximum Gasteiger partial charge on any atom is 0.325 e. The molecule has 2 aromatic rings. The average molecular weight is 529 g/mol. The molecule has 2 aromatic carbocycles. The number of aryl methyl sites for hydroxylation is 1. The van der Waals surface area contributed by atoms with Crippen molar-refractivity contribution in [3.05, 3.63) is 54.1 Å². The molecule has 1 aliphatic rings. The lowest BCUT2D eigenvalue weighted by Crippen LogP contribution is -2.52. The third-order valence-electron chi connectivity index (χ3n) is 6.86. The van der Waals surface area contributed by atoms with E-state index in [4.69, 9.17) is 20.6 Å². The van der Waals surface area contributed by atoms with E-state index < -0.39 is 32.1 Å². The third-order valence-corrected chi connectivity index (χ3v) is 7.70. The summed E-state index contributed by atoms with van der Waals surface area (Å²) in [5.41, 5.74) is 3.47. The monoisotopic (exact) mass is 528 g/mol. The van der Waals surface area contributed by atoms with Gasteiger partial charge < -0.3 is 24.0 Å². The van der Waals surface area contributed by atoms with Crippen LogP contribution in [0.15, 0.2) is 48.5 Å². The number of terminal acetylenes is 1. The largest absolute Gasteiger partial charge is 0.465 e. The number of rotatable bonds is 11. The first-order chi connectivity index (χ1) is 17.6. The molecule has 0 aliphatic carbocycles. The van der Waals surface area contributed by atoms with Gasteiger partial charge in [-0.25, -0.2) is 0 Å². The maximum atomic E-state index is 11.7. The highest BCUT2D eigenvalue weighted by atomic mass is 31.2. The molecule has 8 heteroatoms. The second kappa shape index (κ2) is 13.3. The number of carbonyl (C=O) groups is 1. The lowest BCUT2D eigenvalue weighted by molar-refractivity contribution is -0.239. The van der Waals surface area contributed by atoms with Gasteiger partial charge in [0, 0.05) is 25.2 Å². The van der Waals surface area contributed by atoms with Crippen LogP contribution in [0.25, 0.3) is 11.1 Å². The van der Waals surface area contributed by atoms with E-state index in [2.05, 4.69) is 30.2 Å². The van der Waals surface area contributed by atoms with Crippen molar-refractivity contribution in [1.29, 1.82) is 0 Å². The third kappa shape index (κ3) is 8.72. The Labute approximate surface area is 219 Å². The van der Waals surface area contributed by atoms with Crippen LogP contribution in [0.4, 0.5) is 0 Å². The highest BCUT2D eigenvalue weighted by molar-refractivity contribution is 7.51. The zero-order chi connectivity index (χ0) is 27.0. The van der Waals surface area contributed by atoms with Gasteiger partial charge in [0.2, 0.25) is 6.29 Å². The van der Waals surface area contributed by atoms with Crippen LogP contribution < -0.4 is 4.74 Å². The van der Waals surface area contributed by atoms with Gasteiger partial charge in [0.1, 0.15) is 11.9 Å². The second-order valence-corrected chi connectivity index (χ2v) is 11.5. The minimum atomic E-state index is -4.23. The number of carbonyl (C=O) groups excluding carboxylic acids is 1. The molecule has 0 unspecified atom stereocenters. The van der Waals surface area contributed by atoms with Gasteiger partial charge >= 0.3 is 13.6 Å². The Bertz CT molecular complexity index is 1120. The van der Waals surface area contributed by atoms with Crippen molar-refractivity contribution in [1.82, 2.24) is 0 Å². The van der Waals surface area contributed by atoms with E-state index in [1.165, 1.54) is 12.5 Å². The Morgan fingerprint density at radius 1 is 1.08 bits per heavy atom. The van der Waals surface area contributed by atoms with Gasteiger partial charge in [0.15, 0.2) is 0 Å². The van der Waals surface area contributed by atoms with Crippen LogP contribution >= 0.6 is 7.60 Å². The quantitative estimate of drug-likeness (QED) is 0.170. The summed E-state index contributed by atoms with van der Waals surface area (Å²) >= 11 is 0. The molecule has 3 rings (SSSR count). The summed E-state index contributed by atoms with van der Waals surface area (Å²) in [5.74, 6) is 2.59. The summed E-state index contributed by atoms with van der Waals surface area (Å²) in [6.45, 7) is 5.20. The molecule has 0 bridgehead atoms. The summed E-state index contributed by atoms with van der Waals surface area (Å²) in [5, 5.41) is 0. The van der Waals surface area contributed by atoms with Gasteiger partial charge in [-0.2, -0.15) is 0 Å². The van der Waals surface area contributed by atoms with E-state index in [-0.39, 0.29) is 24.4 Å². The van der Waals surface area contributed by atoms with Crippen molar-refractivity contribution < 1.29 is 33.4 Å². The standard InChI is InChI=1S/C29H37O7P/c1-5-6-7-8-10-23-11-9-12-25(19-23)24-13-15-26(16-14-24)35-29-21(3)20(2)28(34-22(4)30)27(36-29)17-18-37(31,32)33/h1,9,11-16,19-21,27-29H,6-8,10,17-18H2,2-4H3,(H2,31,32,33)/t20-,21+,27-,28+,29+/m1/s1. The van der Waals surface area contributed by atoms with Crippen molar-refractivity contribution >= 4 is 13.6 Å². The smallest absolute Gasteiger partial charge is 0.325 e. The minimum Gasteiger partial charge on any atom is -0.465 e. The van der Waals surface area contributed by atoms with E-state index in [9.17, 15) is 19.1 Å². The summed E-state index contributed by atoms with van der Waals surface area (Å²) in [6, 6.07) is 16.2. The van der Waals surface area contributed by atoms with E-state index in [1.54, 1.807) is 0 Å². The van der Waals surface area contributed by atoms with Crippen LogP contribution in [0.5, 0.6) is 5.75 Å². The summed E-state index contributed by atoms with van der Waals surface area (Å²) < 4.78 is 29.2. The molecule has 37 heavy (non-hydrogen) atoms. The Kier molecular flexibility index (Phi) is 10.4. The lowest BCUT2D eigenvalue weighted by atomic mass is 9.83. The first-order valence-corrected chi connectivity index (χ1v) is 14.5. The number of unbranched alkanes of at least 4 members (excludes halogenated alkanes) is 2. The normalized spacial score (nSPS) is 23.7. The van der Waals surface area contributed by atoms with E-state index in [0.717, 1.165) is 36.8 Å². The summed E-state index contributed by atoms with van der Waals surface area (Å²) in [4.78, 5) is 30.4. The fraction of sp³-hybridized carbons (Fsp3) is 0.483. The Morgan fingerprint density at radius 3 is 2.46 bits per heavy atom. The van der Waals surface area contributed by atoms with Crippen molar-refractivity contribution in [2.24, 2.45) is 11.8 Å². The number of ether oxygens (including phenoxy) is 3. The molecule has 2 N–H and O–H groups in total. The molecular weight excluding hydrogens is 491 g/mol. The van der Waals surface area contributed by atoms with Gasteiger partial charge in [-0.15, -0.1) is 12.3 Å². The van der Waals surface area contributed by atoms with E-state index >= 15 is 0 Å². The van der Waals surface area contributed by atoms with Gasteiger partial charge in [0.25, 0.3) is 0 Å². The van der Waals surface area contributed by atoms with Crippen LogP contribution in [0, 0.1) is 24.2 Å². The molecule has 1 saturated heterocycles. The molecule has 1 aliphatic heterocycles. The summed E-state index contributed by atoms with van der Waals surface area (Å²) in [6.07, 6.45) is 6.96. The molecule has 7 nitrogen and oxygen atoms in total. The Hall–Kier alpha value is -2.62. The van der Waals surface area contributed by atoms with E-state index in [1.807, 2.05) is 38.1 Å². The zero-order valence-electron chi connectivity index (χ0n) is 21.7. The first kappa shape index (κ1) is 28.9. The van der Waals surface area contributed by atoms with Crippen LogP contribution in [-0.2, 0) is 25.3 Å². The first-order valence-electron chi connectivity index (χ1n) is 12.7. The number of esters is 1. The lowest BCUT2D eigenvalue weighted by Gasteiger charge is -2.43. The molecule has 1 fully saturated rings. The molecule has 0 aromatic heterocycles. The highest BCUT2D eigenvalue weighted by Crippen LogP contribution is 2.40. The number of hydrogen-bond acceptors (Lipinski definition) is 5. The molecule has 0 radical (unpaired) electrons. The van der Waals surface area contributed by atoms with Crippen molar-refractivity contribution in [2.75, 3.05) is 6.16 Å². The van der Waals surface area contributed by atoms with E-state index in [0.29, 0.717) is 5.75 Å². The SMILES string of the molecule is C#CCCCCc1cccc(-c2ccc(O[C@H]3O[C@H](CCP(=O)(O)O)[C@@H](OC(C)=O)[C@H](C)[C@@H]3C)cc2)c1. The predicted octanol–water partition coefficient (Wildman–Crippen LogP) is 5.58. The van der Waals surface area contributed by atoms with Gasteiger partial charge in [0.05, 0.1) is 12.3 Å². The molecular formula is C29H37O7P. The topological polar surface area (TPSA) is 102 Å². The molecule has 0 spiro atoms. The predicted molar refractivity (Wildman–Crippen MR) is 143 cm³/mol. The Balaban J connectivity index is 1.69. The zero-order valence-corrected chi connectivity index (χ0v) is 22.6. The maximum absolute atomic E-state index is 11.7. The van der Waals surface area contributed by atoms with Gasteiger partial charge in [-0.1, -0.05) is 50.2 Å². The number of benzene rings is 2. The minimum absolute atomic E-state index is 0.0527. The fourth-order valence-corrected chi connectivity index (χ4v) is 5.21. The molecule has 5 atom stereocenters. The van der Waals surface area contributed by atoms with Crippen LogP contribution in [0.1, 0.15) is 52.0 Å². The second-order valence-electron chi connectivity index (χ2n) is 9.77. The summed E-state index contributed by atoms with van der Waals surface area (Å²) in [7, 11) is -4.23. The molecule has 200 valence electrons. The Morgan fingerprint density at radius 2 is 1.81 bits per heavy atom.